The number of amides is 7. The molecule has 33 atom stereocenters. The molecule has 1 aliphatic carbocycles. The summed E-state index contributed by atoms with van der Waals surface area (Å²) in [5, 5.41) is 201. The van der Waals surface area contributed by atoms with Crippen LogP contribution in [0.2, 0.25) is 10.0 Å². The number of nitrogens with one attached hydrogen (secondary N) is 7. The van der Waals surface area contributed by atoms with Gasteiger partial charge in [-0.05, 0) is 117 Å². The van der Waals surface area contributed by atoms with Crippen molar-refractivity contribution < 1.29 is 173 Å². The highest BCUT2D eigenvalue weighted by atomic mass is 35.5. The number of fused-ring (bicyclic) bond motifs is 15. The Hall–Kier alpha value is -9.80. The van der Waals surface area contributed by atoms with Crippen molar-refractivity contribution in [2.24, 2.45) is 40.3 Å². The molecular formula is C84H111Cl2N13O35. The Balaban J connectivity index is 0.000000410. The Morgan fingerprint density at radius 2 is 1.13 bits per heavy atom. The number of rotatable bonds is 19. The molecule has 0 unspecified atom stereocenters. The van der Waals surface area contributed by atoms with Gasteiger partial charge in [0.25, 0.3) is 0 Å². The van der Waals surface area contributed by atoms with Crippen LogP contribution in [0.15, 0.2) is 78.9 Å². The minimum Gasteiger partial charge on any atom is -0.508 e. The summed E-state index contributed by atoms with van der Waals surface area (Å²) in [5.74, 6) is -16.0. The fraction of sp³-hybridized carbons (Fsp3) is 0.548. The van der Waals surface area contributed by atoms with Crippen LogP contribution in [-0.2, 0) is 71.5 Å². The molecule has 4 saturated heterocycles. The number of aliphatic hydroxyl groups is 13. The molecule has 9 heterocycles. The van der Waals surface area contributed by atoms with Crippen LogP contribution >= 0.6 is 23.2 Å². The van der Waals surface area contributed by atoms with Gasteiger partial charge >= 0.3 is 5.97 Å². The van der Waals surface area contributed by atoms with Crippen molar-refractivity contribution in [2.75, 3.05) is 26.8 Å². The Kier molecular flexibility index (Phi) is 33.0. The van der Waals surface area contributed by atoms with Crippen LogP contribution < -0.4 is 85.8 Å². The number of primary amides is 1. The summed E-state index contributed by atoms with van der Waals surface area (Å²) in [7, 11) is 1.47. The molecule has 10 aliphatic rings. The standard InChI is InChI=1S/C66H75Cl2N9O24.C18H36N4O11/c1-23(2)12-34(71-5)58(88)76-49-51(83)26-7-10-38(32(67)14-26)97-40-16-28-17-41(55(40)101-65-56(54(86)53(85)42(22-78)99-65)100-44-21-66(4,70)57(87)24(3)96-44)98-39-11-8-27(15-33(39)68)52(84)50-63(93)75-48(64(94)95)31-18-29(79)19-37(81)45(31)30-13-25(6-9-36(30)80)46(60(90)77-50)74-61(91)47(28)73-59(89)35(20-43(69)82)72-62(49)92;19-2-6-10(25)12(27)13(28)18(30-6)33-16-5(21)1-4(20)15(14(16)29)32-17-11(26)8(22)9(24)7(3-23)31-17/h6-11,13-19,23-24,34-35,42,44,46-54,56-57,65,71,78-81,83-87H,12,20-22,70H2,1-5H3,(H2,69,82)(H,72,92)(H,73,89)(H,74,91)(H,75,93)(H,76,88)(H,77,90)(H,94,95);4-18,23-29H,1-3,19-22H2/t24-,34+,35-,42+,44-,46+,47+,48-,49+,50-,51+,52+,53+,54-,56+,57+,65-,66-;4-,5+,6-,7-,8+,9-,10-,11-,12+,13-,14-,15+,16-,17-,18-/m01/s1. The zero-order valence-corrected chi connectivity index (χ0v) is 73.7. The zero-order valence-electron chi connectivity index (χ0n) is 72.2. The number of carbonyl (C=O) groups is 8. The van der Waals surface area contributed by atoms with Crippen LogP contribution in [0.1, 0.15) is 112 Å². The highest BCUT2D eigenvalue weighted by molar-refractivity contribution is 6.32. The van der Waals surface area contributed by atoms with Crippen molar-refractivity contribution in [3.63, 3.8) is 0 Å². The van der Waals surface area contributed by atoms with E-state index in [0.29, 0.717) is 0 Å². The van der Waals surface area contributed by atoms with Crippen LogP contribution in [0.3, 0.4) is 0 Å². The van der Waals surface area contributed by atoms with Gasteiger partial charge in [0.05, 0.1) is 54.0 Å². The highest BCUT2D eigenvalue weighted by Crippen LogP contribution is 2.51. The minimum absolute atomic E-state index is 0.0849. The van der Waals surface area contributed by atoms with Crippen molar-refractivity contribution >= 4 is 70.5 Å². The molecule has 134 heavy (non-hydrogen) atoms. The molecular weight excluding hydrogens is 1820 g/mol. The summed E-state index contributed by atoms with van der Waals surface area (Å²) >= 11 is 14.1. The lowest BCUT2D eigenvalue weighted by atomic mass is 9.84. The number of hydrogen-bond acceptors (Lipinski definition) is 40. The van der Waals surface area contributed by atoms with Gasteiger partial charge in [0.2, 0.25) is 53.4 Å². The van der Waals surface area contributed by atoms with Crippen molar-refractivity contribution in [2.45, 2.75) is 254 Å². The van der Waals surface area contributed by atoms with Crippen LogP contribution in [0.5, 0.6) is 46.0 Å². The zero-order chi connectivity index (χ0) is 98.1. The summed E-state index contributed by atoms with van der Waals surface area (Å²) in [5.41, 5.74) is 31.5. The van der Waals surface area contributed by atoms with Gasteiger partial charge in [0, 0.05) is 53.3 Å². The number of phenols is 3. The number of carboxylic acid groups (broad SMARTS) is 1. The number of aliphatic carboxylic acids is 1. The number of carboxylic acids is 1. The topological polar surface area (TPSA) is 813 Å². The molecule has 9 aliphatic heterocycles. The van der Waals surface area contributed by atoms with Gasteiger partial charge in [-0.25, -0.2) is 4.79 Å². The molecule has 36 N–H and O–H groups in total. The third-order valence-electron chi connectivity index (χ3n) is 24.3. The molecule has 5 fully saturated rings. The van der Waals surface area contributed by atoms with E-state index in [0.717, 1.165) is 66.7 Å². The van der Waals surface area contributed by atoms with Crippen LogP contribution in [-0.4, -0.2) is 332 Å². The largest absolute Gasteiger partial charge is 0.508 e. The maximum atomic E-state index is 16.0. The number of ether oxygens (including phenoxy) is 10. The molecule has 0 spiro atoms. The second-order valence-electron chi connectivity index (χ2n) is 34.5. The highest BCUT2D eigenvalue weighted by Gasteiger charge is 2.55. The quantitative estimate of drug-likeness (QED) is 0.0365. The summed E-state index contributed by atoms with van der Waals surface area (Å²) in [6.07, 6.45) is -35.0. The normalized spacial score (nSPS) is 35.4. The number of nitrogens with two attached hydrogens (primary N) is 6. The molecule has 5 aromatic carbocycles. The number of benzene rings is 5. The summed E-state index contributed by atoms with van der Waals surface area (Å²) in [4.78, 5) is 117. The molecule has 11 bridgehead atoms. The van der Waals surface area contributed by atoms with E-state index in [1.807, 2.05) is 13.8 Å². The maximum absolute atomic E-state index is 16.0. The first kappa shape index (κ1) is 103. The Labute approximate surface area is 772 Å². The average Bonchev–Trinajstić information content (AvgIpc) is 0.766. The molecule has 5 aromatic rings. The molecule has 0 aromatic heterocycles. The molecule has 1 saturated carbocycles. The Bertz CT molecular complexity index is 5060. The number of likely N-dealkylation sites (N-methyl/N-ethyl adjacent to an activating group) is 1. The van der Waals surface area contributed by atoms with Crippen LogP contribution in [0, 0.1) is 5.92 Å². The van der Waals surface area contributed by atoms with E-state index in [1.165, 1.54) is 33.0 Å². The molecule has 0 radical (unpaired) electrons. The van der Waals surface area contributed by atoms with E-state index in [4.69, 9.17) is 105 Å². The third kappa shape index (κ3) is 22.2. The van der Waals surface area contributed by atoms with Crippen molar-refractivity contribution in [3.05, 3.63) is 117 Å². The first-order valence-corrected chi connectivity index (χ1v) is 43.2. The van der Waals surface area contributed by atoms with Crippen molar-refractivity contribution in [1.82, 2.24) is 37.2 Å². The molecule has 48 nitrogen and oxygen atoms in total. The van der Waals surface area contributed by atoms with Gasteiger partial charge in [-0.2, -0.15) is 0 Å². The molecule has 50 heteroatoms. The second-order valence-corrected chi connectivity index (χ2v) is 35.3. The van der Waals surface area contributed by atoms with E-state index < -0.39 is 335 Å². The molecule has 7 amide bonds. The van der Waals surface area contributed by atoms with Gasteiger partial charge in [-0.1, -0.05) is 55.2 Å². The fourth-order valence-corrected chi connectivity index (χ4v) is 17.3. The van der Waals surface area contributed by atoms with Gasteiger partial charge in [-0.15, -0.1) is 0 Å². The van der Waals surface area contributed by atoms with Gasteiger partial charge in [-0.3, -0.25) is 33.6 Å². The first-order chi connectivity index (χ1) is 63.2. The number of phenolic OH excluding ortho intramolecular Hbond substituents is 3. The van der Waals surface area contributed by atoms with Crippen LogP contribution in [0.25, 0.3) is 11.1 Å². The Morgan fingerprint density at radius 3 is 1.70 bits per heavy atom. The number of carbonyl (C=O) groups excluding carboxylic acids is 7. The molecule has 736 valence electrons. The van der Waals surface area contributed by atoms with Crippen molar-refractivity contribution in [1.29, 1.82) is 0 Å². The predicted molar refractivity (Wildman–Crippen MR) is 457 cm³/mol. The number of hydrogen-bond donors (Lipinski definition) is 30. The summed E-state index contributed by atoms with van der Waals surface area (Å²) in [6, 6.07) is -3.54. The van der Waals surface area contributed by atoms with Crippen LogP contribution in [0.4, 0.5) is 0 Å². The smallest absolute Gasteiger partial charge is 0.330 e. The lowest BCUT2D eigenvalue weighted by Crippen LogP contribution is -2.68. The number of aromatic hydroxyl groups is 3. The summed E-state index contributed by atoms with van der Waals surface area (Å²) < 4.78 is 60.5. The lowest BCUT2D eigenvalue weighted by Gasteiger charge is -2.48. The number of aliphatic hydroxyl groups excluding tert-OH is 13. The van der Waals surface area contributed by atoms with Crippen molar-refractivity contribution in [3.8, 4) is 57.1 Å². The summed E-state index contributed by atoms with van der Waals surface area (Å²) in [6.45, 7) is 4.90. The monoisotopic (exact) mass is 1930 g/mol. The van der Waals surface area contributed by atoms with E-state index in [-0.39, 0.29) is 59.2 Å². The van der Waals surface area contributed by atoms with E-state index in [9.17, 15) is 111 Å². The second kappa shape index (κ2) is 42.9. The third-order valence-corrected chi connectivity index (χ3v) is 24.8. The van der Waals surface area contributed by atoms with E-state index >= 15 is 14.4 Å². The Morgan fingerprint density at radius 1 is 0.582 bits per heavy atom. The van der Waals surface area contributed by atoms with E-state index in [1.54, 1.807) is 0 Å². The predicted octanol–water partition coefficient (Wildman–Crippen LogP) is -7.19. The van der Waals surface area contributed by atoms with Gasteiger partial charge in [0.15, 0.2) is 42.5 Å². The minimum atomic E-state index is -2.35. The first-order valence-electron chi connectivity index (χ1n) is 42.4. The van der Waals surface area contributed by atoms with Gasteiger partial charge in [0.1, 0.15) is 151 Å². The van der Waals surface area contributed by atoms with E-state index in [2.05, 4.69) is 37.2 Å². The number of halogens is 2. The maximum Gasteiger partial charge on any atom is 0.330 e. The SMILES string of the molecule is CN[C@H](CC(C)C)C(=O)N[C@H]1C(=O)N[C@@H](CC(N)=O)C(=O)N[C@H]2C(=O)N[C@H]3C(=O)N[C@H](C(=O)N[C@H](C(=O)O)c4cc(O)cc(O)c4-c4cc3ccc4O)[C@H](O)c3ccc(c(Cl)c3)Oc3cc2cc(c3O[C@@H]2O[C@H](CO)[C@@H](O)[C@H](O)[C@H]2O[C@H]2C[C@](C)(N)[C@H](O)[C@H](C)O2)Oc2ccc(cc2Cl)[C@H]1O.NC[C@H]1O[C@H](O[C@H]2[C@H](O)[C@@H](O[C@H]3O[C@H](CO)[C@@H](O)[C@H](N)[C@H]3O)[C@H](N)C[C@@H]2N)[C@H](O)[C@@H](O)[C@@H]1O. The fourth-order valence-electron chi connectivity index (χ4n) is 16.9. The molecule has 15 rings (SSSR count). The average molecular weight is 1930 g/mol. The van der Waals surface area contributed by atoms with Gasteiger partial charge < -0.3 is 206 Å². The lowest BCUT2D eigenvalue weighted by molar-refractivity contribution is -0.333.